The van der Waals surface area contributed by atoms with Crippen molar-refractivity contribution in [2.75, 3.05) is 56.3 Å². The van der Waals surface area contributed by atoms with Crippen molar-refractivity contribution >= 4 is 34.0 Å². The predicted octanol–water partition coefficient (Wildman–Crippen LogP) is 1.81. The van der Waals surface area contributed by atoms with Crippen molar-refractivity contribution in [3.05, 3.63) is 30.1 Å². The van der Waals surface area contributed by atoms with Gasteiger partial charge in [0.25, 0.3) is 0 Å². The van der Waals surface area contributed by atoms with Crippen LogP contribution in [0.3, 0.4) is 0 Å². The van der Waals surface area contributed by atoms with E-state index in [0.717, 1.165) is 22.7 Å². The summed E-state index contributed by atoms with van der Waals surface area (Å²) in [5.41, 5.74) is 2.29. The third kappa shape index (κ3) is 4.49. The quantitative estimate of drug-likeness (QED) is 0.378. The third-order valence-corrected chi connectivity index (χ3v) is 6.70. The largest absolute Gasteiger partial charge is 0.396 e. The summed E-state index contributed by atoms with van der Waals surface area (Å²) < 4.78 is 9.51. The molecule has 0 amide bonds. The molecule has 1 aliphatic heterocycles. The van der Waals surface area contributed by atoms with Crippen molar-refractivity contribution in [2.24, 2.45) is 7.05 Å². The van der Waals surface area contributed by atoms with E-state index in [1.54, 1.807) is 6.92 Å². The molecule has 0 saturated carbocycles. The molecule has 2 N–H and O–H groups in total. The van der Waals surface area contributed by atoms with Crippen LogP contribution >= 0.6 is 0 Å². The van der Waals surface area contributed by atoms with Gasteiger partial charge >= 0.3 is 0 Å². The number of para-hydroxylation sites is 2. The minimum atomic E-state index is -0.966. The van der Waals surface area contributed by atoms with Crippen LogP contribution in [0.2, 0.25) is 0 Å². The van der Waals surface area contributed by atoms with Gasteiger partial charge in [0.1, 0.15) is 5.82 Å². The van der Waals surface area contributed by atoms with Crippen LogP contribution in [-0.2, 0) is 11.8 Å². The lowest BCUT2D eigenvalue weighted by molar-refractivity contribution is 0.0510. The lowest BCUT2D eigenvalue weighted by Crippen LogP contribution is -2.40. The zero-order valence-corrected chi connectivity index (χ0v) is 21.3. The summed E-state index contributed by atoms with van der Waals surface area (Å²) in [6, 6.07) is 7.97. The molecule has 11 nitrogen and oxygen atoms in total. The van der Waals surface area contributed by atoms with Crippen LogP contribution in [0.15, 0.2) is 24.3 Å². The van der Waals surface area contributed by atoms with Crippen LogP contribution in [0.25, 0.3) is 28.1 Å². The van der Waals surface area contributed by atoms with E-state index in [1.165, 1.54) is 0 Å². The van der Waals surface area contributed by atoms with E-state index in [9.17, 15) is 10.2 Å². The van der Waals surface area contributed by atoms with Crippen molar-refractivity contribution in [1.29, 1.82) is 0 Å². The number of aliphatic hydroxyl groups excluding tert-OH is 1. The molecule has 0 bridgehead atoms. The van der Waals surface area contributed by atoms with E-state index in [1.807, 2.05) is 59.3 Å². The number of aliphatic hydroxyl groups is 2. The van der Waals surface area contributed by atoms with Gasteiger partial charge in [0.2, 0.25) is 11.9 Å². The zero-order chi connectivity index (χ0) is 25.4. The van der Waals surface area contributed by atoms with Crippen molar-refractivity contribution in [2.45, 2.75) is 32.3 Å². The number of morpholine rings is 1. The molecule has 1 aromatic carbocycles. The number of imidazole rings is 2. The molecule has 1 atom stereocenters. The maximum absolute atomic E-state index is 10.9. The van der Waals surface area contributed by atoms with Crippen molar-refractivity contribution in [3.8, 4) is 5.95 Å². The lowest BCUT2D eigenvalue weighted by Gasteiger charge is -2.29. The number of aryl methyl sites for hydroxylation is 2. The van der Waals surface area contributed by atoms with Crippen LogP contribution < -0.4 is 9.80 Å². The van der Waals surface area contributed by atoms with E-state index < -0.39 is 5.60 Å². The van der Waals surface area contributed by atoms with Crippen molar-refractivity contribution in [1.82, 2.24) is 29.1 Å². The molecule has 0 spiro atoms. The van der Waals surface area contributed by atoms with E-state index in [4.69, 9.17) is 24.7 Å². The number of rotatable bonds is 8. The zero-order valence-electron chi connectivity index (χ0n) is 21.3. The van der Waals surface area contributed by atoms with E-state index in [2.05, 4.69) is 4.90 Å². The Kier molecular flexibility index (Phi) is 6.54. The number of likely N-dealkylation sites (N-methyl/N-ethyl adjacent to an activating group) is 1. The van der Waals surface area contributed by atoms with Crippen molar-refractivity contribution < 1.29 is 14.9 Å². The summed E-state index contributed by atoms with van der Waals surface area (Å²) in [5, 5.41) is 20.0. The smallest absolute Gasteiger partial charge is 0.239 e. The standard InChI is InChI=1S/C25H34N8O3/c1-17-26-18-8-5-6-9-19(18)33(17)23-28-21-20(22(29-23)32-11-14-36-15-12-32)27-24(31(21)4)30(3)16-25(2,35)10-7-13-34/h5-6,8-9,34-35H,7,10-16H2,1-4H3. The molecule has 11 heteroatoms. The average Bonchev–Trinajstić information content (AvgIpc) is 3.38. The SMILES string of the molecule is Cc1nc2ccccc2n1-c1nc(N2CCOCC2)c2nc(N(C)CC(C)(O)CCCO)n(C)c2n1. The Morgan fingerprint density at radius 1 is 1.11 bits per heavy atom. The highest BCUT2D eigenvalue weighted by Crippen LogP contribution is 2.30. The summed E-state index contributed by atoms with van der Waals surface area (Å²) in [5.74, 6) is 2.80. The van der Waals surface area contributed by atoms with Gasteiger partial charge in [-0.25, -0.2) is 9.97 Å². The average molecular weight is 495 g/mol. The van der Waals surface area contributed by atoms with Gasteiger partial charge in [0.05, 0.1) is 29.8 Å². The molecule has 1 saturated heterocycles. The number of ether oxygens (including phenoxy) is 1. The third-order valence-electron chi connectivity index (χ3n) is 6.70. The highest BCUT2D eigenvalue weighted by Gasteiger charge is 2.28. The Balaban J connectivity index is 1.64. The first-order valence-corrected chi connectivity index (χ1v) is 12.3. The fourth-order valence-corrected chi connectivity index (χ4v) is 4.98. The molecule has 4 heterocycles. The highest BCUT2D eigenvalue weighted by atomic mass is 16.5. The number of benzene rings is 1. The van der Waals surface area contributed by atoms with Gasteiger partial charge in [-0.3, -0.25) is 9.13 Å². The number of fused-ring (bicyclic) bond motifs is 2. The maximum atomic E-state index is 10.9. The second-order valence-corrected chi connectivity index (χ2v) is 9.75. The lowest BCUT2D eigenvalue weighted by atomic mass is 10.00. The second kappa shape index (κ2) is 9.64. The fraction of sp³-hybridized carbons (Fsp3) is 0.520. The second-order valence-electron chi connectivity index (χ2n) is 9.75. The molecular weight excluding hydrogens is 460 g/mol. The first-order chi connectivity index (χ1) is 17.3. The van der Waals surface area contributed by atoms with Gasteiger partial charge in [-0.1, -0.05) is 12.1 Å². The van der Waals surface area contributed by atoms with Crippen LogP contribution in [0.5, 0.6) is 0 Å². The first kappa shape index (κ1) is 24.4. The summed E-state index contributed by atoms with van der Waals surface area (Å²) in [6.45, 7) is 6.84. The Labute approximate surface area is 210 Å². The van der Waals surface area contributed by atoms with E-state index in [0.29, 0.717) is 68.8 Å². The molecule has 1 aliphatic rings. The van der Waals surface area contributed by atoms with E-state index in [-0.39, 0.29) is 6.61 Å². The molecule has 4 aromatic rings. The molecular formula is C25H34N8O3. The first-order valence-electron chi connectivity index (χ1n) is 12.3. The van der Waals surface area contributed by atoms with Gasteiger partial charge in [-0.05, 0) is 38.8 Å². The van der Waals surface area contributed by atoms with Gasteiger partial charge in [-0.15, -0.1) is 0 Å². The summed E-state index contributed by atoms with van der Waals surface area (Å²) in [6.07, 6.45) is 1.03. The normalized spacial score (nSPS) is 16.1. The molecule has 5 rings (SSSR count). The minimum Gasteiger partial charge on any atom is -0.396 e. The maximum Gasteiger partial charge on any atom is 0.239 e. The molecule has 1 unspecified atom stereocenters. The molecule has 0 radical (unpaired) electrons. The Bertz CT molecular complexity index is 1370. The molecule has 0 aliphatic carbocycles. The molecule has 3 aromatic heterocycles. The summed E-state index contributed by atoms with van der Waals surface area (Å²) >= 11 is 0. The number of hydrogen-bond acceptors (Lipinski definition) is 9. The van der Waals surface area contributed by atoms with Crippen LogP contribution in [-0.4, -0.2) is 91.4 Å². The molecule has 36 heavy (non-hydrogen) atoms. The van der Waals surface area contributed by atoms with Gasteiger partial charge in [0, 0.05) is 40.3 Å². The van der Waals surface area contributed by atoms with Gasteiger partial charge in [-0.2, -0.15) is 9.97 Å². The van der Waals surface area contributed by atoms with Gasteiger partial charge < -0.3 is 24.7 Å². The summed E-state index contributed by atoms with van der Waals surface area (Å²) in [7, 11) is 3.84. The summed E-state index contributed by atoms with van der Waals surface area (Å²) in [4.78, 5) is 23.8. The van der Waals surface area contributed by atoms with Crippen LogP contribution in [0, 0.1) is 6.92 Å². The van der Waals surface area contributed by atoms with Gasteiger partial charge in [0.15, 0.2) is 17.0 Å². The monoisotopic (exact) mass is 494 g/mol. The van der Waals surface area contributed by atoms with Crippen LogP contribution in [0.4, 0.5) is 11.8 Å². The predicted molar refractivity (Wildman–Crippen MR) is 139 cm³/mol. The highest BCUT2D eigenvalue weighted by molar-refractivity contribution is 5.87. The molecule has 192 valence electrons. The fourth-order valence-electron chi connectivity index (χ4n) is 4.98. The van der Waals surface area contributed by atoms with Crippen molar-refractivity contribution in [3.63, 3.8) is 0 Å². The minimum absolute atomic E-state index is 0.0514. The number of anilines is 2. The number of nitrogens with zero attached hydrogens (tertiary/aromatic N) is 8. The number of aromatic nitrogens is 6. The van der Waals surface area contributed by atoms with E-state index >= 15 is 0 Å². The molecule has 1 fully saturated rings. The Morgan fingerprint density at radius 2 is 1.86 bits per heavy atom. The van der Waals surface area contributed by atoms with Crippen LogP contribution in [0.1, 0.15) is 25.6 Å². The Hall–Kier alpha value is -3.28. The topological polar surface area (TPSA) is 118 Å². The Morgan fingerprint density at radius 3 is 2.61 bits per heavy atom. The number of hydrogen-bond donors (Lipinski definition) is 2.